The second-order valence-corrected chi connectivity index (χ2v) is 8.04. The van der Waals surface area contributed by atoms with Crippen LogP contribution in [0.4, 0.5) is 5.69 Å². The number of carbonyl (C=O) groups is 1. The maximum Gasteiger partial charge on any atom is 0.257 e. The Morgan fingerprint density at radius 3 is 2.29 bits per heavy atom. The van der Waals surface area contributed by atoms with Crippen molar-refractivity contribution in [2.45, 2.75) is 4.90 Å². The first-order valence-electron chi connectivity index (χ1n) is 5.84. The summed E-state index contributed by atoms with van der Waals surface area (Å²) in [5.74, 6) is -0.388. The Hall–Kier alpha value is -1.12. The summed E-state index contributed by atoms with van der Waals surface area (Å²) in [6, 6.07) is 11.3. The first-order chi connectivity index (χ1) is 9.77. The van der Waals surface area contributed by atoms with E-state index < -0.39 is 9.84 Å². The Morgan fingerprint density at radius 2 is 1.76 bits per heavy atom. The van der Waals surface area contributed by atoms with E-state index in [1.54, 1.807) is 12.1 Å². The van der Waals surface area contributed by atoms with Crippen LogP contribution in [-0.2, 0) is 9.84 Å². The lowest BCUT2D eigenvalue weighted by Crippen LogP contribution is -2.13. The van der Waals surface area contributed by atoms with Gasteiger partial charge in [0.1, 0.15) is 0 Å². The molecule has 2 aromatic rings. The van der Waals surface area contributed by atoms with Gasteiger partial charge < -0.3 is 5.32 Å². The SMILES string of the molecule is CS(=O)(=O)c1ccc(C(=O)Nc2ccc(I)cc2)c(Cl)c1. The van der Waals surface area contributed by atoms with Crippen LogP contribution < -0.4 is 5.32 Å². The highest BCUT2D eigenvalue weighted by atomic mass is 127. The zero-order chi connectivity index (χ0) is 15.6. The number of benzene rings is 2. The van der Waals surface area contributed by atoms with Gasteiger partial charge in [-0.05, 0) is 65.1 Å². The van der Waals surface area contributed by atoms with E-state index in [1.165, 1.54) is 18.2 Å². The first kappa shape index (κ1) is 16.3. The molecule has 4 nitrogen and oxygen atoms in total. The van der Waals surface area contributed by atoms with E-state index in [9.17, 15) is 13.2 Å². The van der Waals surface area contributed by atoms with E-state index in [0.29, 0.717) is 5.69 Å². The molecule has 0 aliphatic rings. The molecule has 0 bridgehead atoms. The zero-order valence-electron chi connectivity index (χ0n) is 10.9. The Bertz CT molecular complexity index is 788. The van der Waals surface area contributed by atoms with Gasteiger partial charge in [-0.1, -0.05) is 11.6 Å². The third kappa shape index (κ3) is 4.18. The van der Waals surface area contributed by atoms with Crippen LogP contribution in [0.5, 0.6) is 0 Å². The second-order valence-electron chi connectivity index (χ2n) is 4.37. The van der Waals surface area contributed by atoms with Crippen LogP contribution >= 0.6 is 34.2 Å². The number of hydrogen-bond acceptors (Lipinski definition) is 3. The summed E-state index contributed by atoms with van der Waals surface area (Å²) in [6.07, 6.45) is 1.09. The van der Waals surface area contributed by atoms with Crippen LogP contribution in [0, 0.1) is 3.57 Å². The minimum absolute atomic E-state index is 0.0818. The monoisotopic (exact) mass is 435 g/mol. The van der Waals surface area contributed by atoms with Crippen LogP contribution in [0.2, 0.25) is 5.02 Å². The average Bonchev–Trinajstić information content (AvgIpc) is 2.40. The third-order valence-corrected chi connectivity index (χ3v) is 4.86. The fourth-order valence-corrected chi connectivity index (χ4v) is 2.98. The van der Waals surface area contributed by atoms with Gasteiger partial charge >= 0.3 is 0 Å². The van der Waals surface area contributed by atoms with Gasteiger partial charge in [-0.2, -0.15) is 0 Å². The van der Waals surface area contributed by atoms with Crippen molar-refractivity contribution in [1.82, 2.24) is 0 Å². The van der Waals surface area contributed by atoms with Gasteiger partial charge in [0, 0.05) is 15.5 Å². The van der Waals surface area contributed by atoms with E-state index >= 15 is 0 Å². The summed E-state index contributed by atoms with van der Waals surface area (Å²) >= 11 is 8.16. The van der Waals surface area contributed by atoms with Crippen LogP contribution in [0.15, 0.2) is 47.4 Å². The molecule has 7 heteroatoms. The molecule has 0 saturated heterocycles. The van der Waals surface area contributed by atoms with Crippen molar-refractivity contribution in [3.63, 3.8) is 0 Å². The molecule has 0 radical (unpaired) electrons. The van der Waals surface area contributed by atoms with E-state index in [2.05, 4.69) is 27.9 Å². The molecule has 0 saturated carbocycles. The topological polar surface area (TPSA) is 63.2 Å². The first-order valence-corrected chi connectivity index (χ1v) is 9.19. The summed E-state index contributed by atoms with van der Waals surface area (Å²) in [5.41, 5.74) is 0.867. The van der Waals surface area contributed by atoms with Gasteiger partial charge in [0.05, 0.1) is 15.5 Å². The third-order valence-electron chi connectivity index (χ3n) is 2.72. The summed E-state index contributed by atoms with van der Waals surface area (Å²) in [4.78, 5) is 12.2. The number of carbonyl (C=O) groups excluding carboxylic acids is 1. The lowest BCUT2D eigenvalue weighted by molar-refractivity contribution is 0.102. The molecule has 1 amide bonds. The fraction of sp³-hybridized carbons (Fsp3) is 0.0714. The Kier molecular flexibility index (Phi) is 4.90. The van der Waals surface area contributed by atoms with Crippen molar-refractivity contribution in [2.24, 2.45) is 0 Å². The molecule has 0 aromatic heterocycles. The van der Waals surface area contributed by atoms with Gasteiger partial charge in [-0.15, -0.1) is 0 Å². The fourth-order valence-electron chi connectivity index (χ4n) is 1.64. The molecule has 0 unspecified atom stereocenters. The molecule has 2 rings (SSSR count). The van der Waals surface area contributed by atoms with Crippen LogP contribution in [0.3, 0.4) is 0 Å². The number of nitrogens with one attached hydrogen (secondary N) is 1. The summed E-state index contributed by atoms with van der Waals surface area (Å²) in [5, 5.41) is 2.81. The minimum atomic E-state index is -3.35. The summed E-state index contributed by atoms with van der Waals surface area (Å²) in [6.45, 7) is 0. The molecule has 0 atom stereocenters. The number of hydrogen-bond donors (Lipinski definition) is 1. The molecule has 1 N–H and O–H groups in total. The smallest absolute Gasteiger partial charge is 0.257 e. The lowest BCUT2D eigenvalue weighted by atomic mass is 10.2. The van der Waals surface area contributed by atoms with E-state index in [-0.39, 0.29) is 21.4 Å². The van der Waals surface area contributed by atoms with Crippen molar-refractivity contribution < 1.29 is 13.2 Å². The largest absolute Gasteiger partial charge is 0.322 e. The van der Waals surface area contributed by atoms with E-state index in [0.717, 1.165) is 9.83 Å². The van der Waals surface area contributed by atoms with E-state index in [1.807, 2.05) is 12.1 Å². The van der Waals surface area contributed by atoms with Crippen LogP contribution in [0.1, 0.15) is 10.4 Å². The van der Waals surface area contributed by atoms with Crippen molar-refractivity contribution in [3.05, 3.63) is 56.6 Å². The molecular weight excluding hydrogens is 425 g/mol. The number of halogens is 2. The maximum absolute atomic E-state index is 12.1. The Morgan fingerprint density at radius 1 is 1.14 bits per heavy atom. The predicted octanol–water partition coefficient (Wildman–Crippen LogP) is 3.60. The van der Waals surface area contributed by atoms with Gasteiger partial charge in [-0.3, -0.25) is 4.79 Å². The standard InChI is InChI=1S/C14H11ClINO3S/c1-21(19,20)11-6-7-12(13(15)8-11)14(18)17-10-4-2-9(16)3-5-10/h2-8H,1H3,(H,17,18). The highest BCUT2D eigenvalue weighted by Crippen LogP contribution is 2.22. The number of amides is 1. The van der Waals surface area contributed by atoms with Crippen LogP contribution in [-0.4, -0.2) is 20.6 Å². The summed E-state index contributed by atoms with van der Waals surface area (Å²) < 4.78 is 23.9. The van der Waals surface area contributed by atoms with Crippen molar-refractivity contribution in [3.8, 4) is 0 Å². The molecule has 0 fully saturated rings. The normalized spacial score (nSPS) is 11.2. The molecule has 0 aliphatic carbocycles. The van der Waals surface area contributed by atoms with Crippen molar-refractivity contribution in [2.75, 3.05) is 11.6 Å². The minimum Gasteiger partial charge on any atom is -0.322 e. The molecular formula is C14H11ClINO3S. The number of anilines is 1. The van der Waals surface area contributed by atoms with Gasteiger partial charge in [0.25, 0.3) is 5.91 Å². The van der Waals surface area contributed by atoms with Crippen LogP contribution in [0.25, 0.3) is 0 Å². The Labute approximate surface area is 141 Å². The average molecular weight is 436 g/mol. The second kappa shape index (κ2) is 6.33. The van der Waals surface area contributed by atoms with Gasteiger partial charge in [0.2, 0.25) is 0 Å². The number of rotatable bonds is 3. The predicted molar refractivity (Wildman–Crippen MR) is 91.7 cm³/mol. The quantitative estimate of drug-likeness (QED) is 0.749. The summed E-state index contributed by atoms with van der Waals surface area (Å²) in [7, 11) is -3.35. The molecule has 21 heavy (non-hydrogen) atoms. The maximum atomic E-state index is 12.1. The number of sulfone groups is 1. The van der Waals surface area contributed by atoms with Gasteiger partial charge in [0.15, 0.2) is 9.84 Å². The highest BCUT2D eigenvalue weighted by molar-refractivity contribution is 14.1. The van der Waals surface area contributed by atoms with E-state index in [4.69, 9.17) is 11.6 Å². The molecule has 0 heterocycles. The van der Waals surface area contributed by atoms with Gasteiger partial charge in [-0.25, -0.2) is 8.42 Å². The molecule has 110 valence electrons. The van der Waals surface area contributed by atoms with Crippen molar-refractivity contribution in [1.29, 1.82) is 0 Å². The molecule has 0 spiro atoms. The Balaban J connectivity index is 2.26. The molecule has 0 aliphatic heterocycles. The van der Waals surface area contributed by atoms with Crippen molar-refractivity contribution >= 4 is 55.6 Å². The molecule has 2 aromatic carbocycles. The highest BCUT2D eigenvalue weighted by Gasteiger charge is 2.14. The lowest BCUT2D eigenvalue weighted by Gasteiger charge is -2.08. The zero-order valence-corrected chi connectivity index (χ0v) is 14.7.